The molecule has 0 aliphatic heterocycles. The maximum absolute atomic E-state index is 10.1. The molecule has 0 aliphatic rings. The molecule has 0 atom stereocenters. The summed E-state index contributed by atoms with van der Waals surface area (Å²) in [6.45, 7) is 0. The Kier molecular flexibility index (Phi) is 2.74. The van der Waals surface area contributed by atoms with Crippen LogP contribution in [-0.2, 0) is 4.79 Å². The van der Waals surface area contributed by atoms with Crippen molar-refractivity contribution in [2.45, 2.75) is 0 Å². The molecular weight excluding hydrogens is 188 g/mol. The third-order valence-electron chi connectivity index (χ3n) is 2.11. The van der Waals surface area contributed by atoms with E-state index in [1.165, 1.54) is 0 Å². The molecule has 1 aromatic heterocycles. The lowest BCUT2D eigenvalue weighted by atomic mass is 10.1. The van der Waals surface area contributed by atoms with E-state index in [2.05, 4.69) is 10.3 Å². The Morgan fingerprint density at radius 1 is 1.20 bits per heavy atom. The summed E-state index contributed by atoms with van der Waals surface area (Å²) in [5.41, 5.74) is 1.99. The molecule has 0 bridgehead atoms. The fraction of sp³-hybridized carbons (Fsp3) is 0. The summed E-state index contributed by atoms with van der Waals surface area (Å²) in [4.78, 5) is 14.3. The van der Waals surface area contributed by atoms with Crippen molar-refractivity contribution in [2.24, 2.45) is 0 Å². The summed E-state index contributed by atoms with van der Waals surface area (Å²) < 4.78 is 0. The zero-order chi connectivity index (χ0) is 10.5. The average molecular weight is 198 g/mol. The van der Waals surface area contributed by atoms with Crippen molar-refractivity contribution >= 4 is 23.4 Å². The van der Waals surface area contributed by atoms with E-state index >= 15 is 0 Å². The summed E-state index contributed by atoms with van der Waals surface area (Å²) in [5, 5.41) is 3.55. The van der Waals surface area contributed by atoms with Gasteiger partial charge in [-0.2, -0.15) is 0 Å². The van der Waals surface area contributed by atoms with Gasteiger partial charge in [-0.15, -0.1) is 0 Å². The fourth-order valence-corrected chi connectivity index (χ4v) is 1.45. The van der Waals surface area contributed by atoms with Crippen LogP contribution in [0.3, 0.4) is 0 Å². The highest BCUT2D eigenvalue weighted by atomic mass is 16.1. The van der Waals surface area contributed by atoms with Gasteiger partial charge in [-0.1, -0.05) is 18.2 Å². The highest BCUT2D eigenvalue weighted by Crippen LogP contribution is 2.17. The number of aromatic nitrogens is 1. The molecule has 3 heteroatoms. The molecule has 0 aliphatic carbocycles. The second-order valence-corrected chi connectivity index (χ2v) is 3.04. The number of pyridine rings is 1. The quantitative estimate of drug-likeness (QED) is 0.766. The van der Waals surface area contributed by atoms with Crippen molar-refractivity contribution in [2.75, 3.05) is 0 Å². The molecule has 0 saturated heterocycles. The second kappa shape index (κ2) is 4.37. The van der Waals surface area contributed by atoms with Crippen LogP contribution in [0.5, 0.6) is 0 Å². The number of rotatable bonds is 3. The van der Waals surface area contributed by atoms with E-state index < -0.39 is 0 Å². The number of hydrogen-bond donors (Lipinski definition) is 1. The van der Waals surface area contributed by atoms with E-state index in [0.717, 1.165) is 16.5 Å². The standard InChI is InChI=1S/C12H10N2O/c15-9-13-8-6-10-3-1-5-12-11(10)4-2-7-14-12/h1-9H,(H,13,15)/b8-6+. The van der Waals surface area contributed by atoms with Crippen LogP contribution in [0.2, 0.25) is 0 Å². The highest BCUT2D eigenvalue weighted by Gasteiger charge is 1.96. The monoisotopic (exact) mass is 198 g/mol. The van der Waals surface area contributed by atoms with Crippen molar-refractivity contribution in [3.05, 3.63) is 48.3 Å². The van der Waals surface area contributed by atoms with Crippen LogP contribution in [-0.4, -0.2) is 11.4 Å². The first-order valence-electron chi connectivity index (χ1n) is 4.62. The van der Waals surface area contributed by atoms with Crippen LogP contribution in [0.15, 0.2) is 42.7 Å². The maximum Gasteiger partial charge on any atom is 0.211 e. The minimum atomic E-state index is 0.639. The van der Waals surface area contributed by atoms with Crippen LogP contribution >= 0.6 is 0 Å². The van der Waals surface area contributed by atoms with Gasteiger partial charge in [-0.25, -0.2) is 0 Å². The molecule has 0 radical (unpaired) electrons. The number of carbonyl (C=O) groups excluding carboxylic acids is 1. The van der Waals surface area contributed by atoms with Crippen molar-refractivity contribution in [3.63, 3.8) is 0 Å². The molecule has 3 nitrogen and oxygen atoms in total. The lowest BCUT2D eigenvalue weighted by Crippen LogP contribution is -1.98. The minimum absolute atomic E-state index is 0.639. The van der Waals surface area contributed by atoms with E-state index in [0.29, 0.717) is 6.41 Å². The summed E-state index contributed by atoms with van der Waals surface area (Å²) in [5.74, 6) is 0. The normalized spacial score (nSPS) is 10.7. The van der Waals surface area contributed by atoms with Gasteiger partial charge in [-0.3, -0.25) is 9.78 Å². The zero-order valence-corrected chi connectivity index (χ0v) is 8.05. The molecule has 0 fully saturated rings. The van der Waals surface area contributed by atoms with E-state index in [1.807, 2.05) is 36.4 Å². The van der Waals surface area contributed by atoms with Gasteiger partial charge in [0.25, 0.3) is 0 Å². The first-order chi connectivity index (χ1) is 7.42. The topological polar surface area (TPSA) is 42.0 Å². The van der Waals surface area contributed by atoms with Gasteiger partial charge in [0.15, 0.2) is 0 Å². The molecule has 0 unspecified atom stereocenters. The Labute approximate surface area is 87.4 Å². The molecule has 2 aromatic rings. The number of amides is 1. The first-order valence-corrected chi connectivity index (χ1v) is 4.62. The zero-order valence-electron chi connectivity index (χ0n) is 8.05. The van der Waals surface area contributed by atoms with Gasteiger partial charge >= 0.3 is 0 Å². The number of nitrogens with zero attached hydrogens (tertiary/aromatic N) is 1. The van der Waals surface area contributed by atoms with Crippen molar-refractivity contribution in [1.29, 1.82) is 0 Å². The third kappa shape index (κ3) is 2.02. The Morgan fingerprint density at radius 3 is 3.00 bits per heavy atom. The van der Waals surface area contributed by atoms with Gasteiger partial charge in [0.1, 0.15) is 0 Å². The lowest BCUT2D eigenvalue weighted by molar-refractivity contribution is -0.108. The van der Waals surface area contributed by atoms with Crippen molar-refractivity contribution in [1.82, 2.24) is 10.3 Å². The minimum Gasteiger partial charge on any atom is -0.335 e. The molecule has 0 saturated carbocycles. The molecule has 74 valence electrons. The molecule has 1 heterocycles. The molecule has 2 rings (SSSR count). The smallest absolute Gasteiger partial charge is 0.211 e. The summed E-state index contributed by atoms with van der Waals surface area (Å²) in [6.07, 6.45) is 5.85. The van der Waals surface area contributed by atoms with Gasteiger partial charge in [0, 0.05) is 17.8 Å². The van der Waals surface area contributed by atoms with Crippen molar-refractivity contribution in [3.8, 4) is 0 Å². The highest BCUT2D eigenvalue weighted by molar-refractivity contribution is 5.87. The summed E-state index contributed by atoms with van der Waals surface area (Å²) in [7, 11) is 0. The second-order valence-electron chi connectivity index (χ2n) is 3.04. The first kappa shape index (κ1) is 9.40. The Balaban J connectivity index is 2.46. The van der Waals surface area contributed by atoms with Gasteiger partial charge in [0.05, 0.1) is 5.52 Å². The predicted octanol–water partition coefficient (Wildman–Crippen LogP) is 1.95. The Morgan fingerprint density at radius 2 is 2.13 bits per heavy atom. The number of fused-ring (bicyclic) bond motifs is 1. The van der Waals surface area contributed by atoms with E-state index in [1.54, 1.807) is 12.4 Å². The van der Waals surface area contributed by atoms with Crippen LogP contribution < -0.4 is 5.32 Å². The fourth-order valence-electron chi connectivity index (χ4n) is 1.45. The number of benzene rings is 1. The number of carbonyl (C=O) groups is 1. The number of hydrogen-bond acceptors (Lipinski definition) is 2. The van der Waals surface area contributed by atoms with Gasteiger partial charge < -0.3 is 5.32 Å². The largest absolute Gasteiger partial charge is 0.335 e. The predicted molar refractivity (Wildman–Crippen MR) is 60.0 cm³/mol. The average Bonchev–Trinajstić information content (AvgIpc) is 2.30. The van der Waals surface area contributed by atoms with Gasteiger partial charge in [0.2, 0.25) is 6.41 Å². The molecule has 1 amide bonds. The number of nitrogens with one attached hydrogen (secondary N) is 1. The van der Waals surface area contributed by atoms with Crippen molar-refractivity contribution < 1.29 is 4.79 Å². The Hall–Kier alpha value is -2.16. The van der Waals surface area contributed by atoms with Crippen LogP contribution in [0.4, 0.5) is 0 Å². The van der Waals surface area contributed by atoms with Gasteiger partial charge in [-0.05, 0) is 23.8 Å². The van der Waals surface area contributed by atoms with Crippen LogP contribution in [0.25, 0.3) is 17.0 Å². The molecule has 15 heavy (non-hydrogen) atoms. The summed E-state index contributed by atoms with van der Waals surface area (Å²) in [6, 6.07) is 9.78. The SMILES string of the molecule is O=CN/C=C/c1cccc2ncccc12. The lowest BCUT2D eigenvalue weighted by Gasteiger charge is -2.00. The van der Waals surface area contributed by atoms with Crippen LogP contribution in [0.1, 0.15) is 5.56 Å². The Bertz CT molecular complexity index is 500. The maximum atomic E-state index is 10.1. The molecule has 0 spiro atoms. The van der Waals surface area contributed by atoms with E-state index in [9.17, 15) is 4.79 Å². The molecular formula is C12H10N2O. The van der Waals surface area contributed by atoms with E-state index in [4.69, 9.17) is 0 Å². The molecule has 1 N–H and O–H groups in total. The molecule has 1 aromatic carbocycles. The summed E-state index contributed by atoms with van der Waals surface area (Å²) >= 11 is 0. The van der Waals surface area contributed by atoms with E-state index in [-0.39, 0.29) is 0 Å². The third-order valence-corrected chi connectivity index (χ3v) is 2.11. The van der Waals surface area contributed by atoms with Crippen LogP contribution in [0, 0.1) is 0 Å².